The van der Waals surface area contributed by atoms with Crippen LogP contribution in [0.4, 0.5) is 0 Å². The molecule has 2 atom stereocenters. The van der Waals surface area contributed by atoms with Crippen LogP contribution in [0.25, 0.3) is 0 Å². The third-order valence-electron chi connectivity index (χ3n) is 3.78. The number of rotatable bonds is 5. The van der Waals surface area contributed by atoms with E-state index in [1.807, 2.05) is 18.2 Å². The van der Waals surface area contributed by atoms with Crippen molar-refractivity contribution >= 4 is 17.2 Å². The maximum atomic E-state index is 5.93. The molecule has 2 N–H and O–H groups in total. The van der Waals surface area contributed by atoms with E-state index in [0.29, 0.717) is 11.1 Å². The third-order valence-corrected chi connectivity index (χ3v) is 4.07. The predicted octanol–water partition coefficient (Wildman–Crippen LogP) is 2.17. The molecule has 2 unspecified atom stereocenters. The molecule has 4 heteroatoms. The van der Waals surface area contributed by atoms with Crippen molar-refractivity contribution in [3.8, 4) is 0 Å². The highest BCUT2D eigenvalue weighted by atomic mass is 32.1. The minimum absolute atomic E-state index is 0.131. The van der Waals surface area contributed by atoms with E-state index in [4.69, 9.17) is 22.7 Å². The molecule has 0 bridgehead atoms. The summed E-state index contributed by atoms with van der Waals surface area (Å²) in [6.45, 7) is 2.97. The van der Waals surface area contributed by atoms with Crippen molar-refractivity contribution in [2.24, 2.45) is 5.73 Å². The molecule has 19 heavy (non-hydrogen) atoms. The minimum Gasteiger partial charge on any atom is -0.393 e. The van der Waals surface area contributed by atoms with Gasteiger partial charge in [0.15, 0.2) is 0 Å². The van der Waals surface area contributed by atoms with Crippen LogP contribution in [0.5, 0.6) is 0 Å². The summed E-state index contributed by atoms with van der Waals surface area (Å²) in [5, 5.41) is 0. The summed E-state index contributed by atoms with van der Waals surface area (Å²) in [7, 11) is 1.79. The number of likely N-dealkylation sites (tertiary alicyclic amines) is 1. The molecular weight excluding hydrogens is 256 g/mol. The first-order valence-electron chi connectivity index (χ1n) is 6.80. The molecule has 0 spiro atoms. The molecule has 0 radical (unpaired) electrons. The molecule has 0 aromatic heterocycles. The second kappa shape index (κ2) is 6.98. The highest BCUT2D eigenvalue weighted by molar-refractivity contribution is 7.80. The number of methoxy groups -OCH3 is 1. The molecule has 0 amide bonds. The van der Waals surface area contributed by atoms with Crippen molar-refractivity contribution in [1.29, 1.82) is 0 Å². The van der Waals surface area contributed by atoms with Gasteiger partial charge in [0.2, 0.25) is 0 Å². The lowest BCUT2D eigenvalue weighted by Crippen LogP contribution is -2.43. The number of nitrogens with two attached hydrogens (primary N) is 1. The first kappa shape index (κ1) is 14.4. The van der Waals surface area contributed by atoms with Gasteiger partial charge < -0.3 is 10.5 Å². The largest absolute Gasteiger partial charge is 0.393 e. The fourth-order valence-corrected chi connectivity index (χ4v) is 2.89. The number of hydrogen-bond acceptors (Lipinski definition) is 3. The van der Waals surface area contributed by atoms with E-state index in [-0.39, 0.29) is 5.92 Å². The maximum Gasteiger partial charge on any atom is 0.0816 e. The van der Waals surface area contributed by atoms with Crippen molar-refractivity contribution in [2.75, 3.05) is 26.7 Å². The number of nitrogens with zero attached hydrogens (tertiary/aromatic N) is 1. The van der Waals surface area contributed by atoms with Crippen LogP contribution in [0, 0.1) is 0 Å². The molecule has 1 fully saturated rings. The SMILES string of the molecule is COC1CCCN(CC(C(N)=S)c2ccccc2)C1. The maximum absolute atomic E-state index is 5.93. The highest BCUT2D eigenvalue weighted by Crippen LogP contribution is 2.20. The minimum atomic E-state index is 0.131. The highest BCUT2D eigenvalue weighted by Gasteiger charge is 2.24. The Balaban J connectivity index is 2.03. The zero-order chi connectivity index (χ0) is 13.7. The average Bonchev–Trinajstić information content (AvgIpc) is 2.45. The topological polar surface area (TPSA) is 38.5 Å². The standard InChI is InChI=1S/C15H22N2OS/c1-18-13-8-5-9-17(10-13)11-14(15(16)19)12-6-3-2-4-7-12/h2-4,6-7,13-14H,5,8-11H2,1H3,(H2,16,19). The van der Waals surface area contributed by atoms with Crippen LogP contribution in [0.3, 0.4) is 0 Å². The lowest BCUT2D eigenvalue weighted by atomic mass is 9.97. The van der Waals surface area contributed by atoms with Crippen molar-refractivity contribution in [3.63, 3.8) is 0 Å². The Bertz CT molecular complexity index is 410. The molecule has 0 saturated carbocycles. The second-order valence-electron chi connectivity index (χ2n) is 5.13. The summed E-state index contributed by atoms with van der Waals surface area (Å²) < 4.78 is 5.46. The van der Waals surface area contributed by atoms with Gasteiger partial charge in [0.1, 0.15) is 0 Å². The summed E-state index contributed by atoms with van der Waals surface area (Å²) >= 11 is 5.25. The van der Waals surface area contributed by atoms with E-state index < -0.39 is 0 Å². The number of benzene rings is 1. The zero-order valence-electron chi connectivity index (χ0n) is 11.4. The summed E-state index contributed by atoms with van der Waals surface area (Å²) in [6.07, 6.45) is 2.67. The fraction of sp³-hybridized carbons (Fsp3) is 0.533. The van der Waals surface area contributed by atoms with Crippen LogP contribution in [0.1, 0.15) is 24.3 Å². The Hall–Kier alpha value is -0.970. The molecule has 1 aromatic carbocycles. The van der Waals surface area contributed by atoms with Gasteiger partial charge in [-0.3, -0.25) is 4.90 Å². The number of thiocarbonyl (C=S) groups is 1. The van der Waals surface area contributed by atoms with Gasteiger partial charge >= 0.3 is 0 Å². The smallest absolute Gasteiger partial charge is 0.0816 e. The molecular formula is C15H22N2OS. The summed E-state index contributed by atoms with van der Waals surface area (Å²) in [5.41, 5.74) is 7.13. The quantitative estimate of drug-likeness (QED) is 0.838. The lowest BCUT2D eigenvalue weighted by molar-refractivity contribution is 0.0311. The van der Waals surface area contributed by atoms with E-state index in [1.54, 1.807) is 7.11 Å². The van der Waals surface area contributed by atoms with E-state index >= 15 is 0 Å². The Morgan fingerprint density at radius 1 is 1.47 bits per heavy atom. The molecule has 2 rings (SSSR count). The predicted molar refractivity (Wildman–Crippen MR) is 82.4 cm³/mol. The second-order valence-corrected chi connectivity index (χ2v) is 5.60. The number of hydrogen-bond donors (Lipinski definition) is 1. The Morgan fingerprint density at radius 3 is 2.84 bits per heavy atom. The van der Waals surface area contributed by atoms with Gasteiger partial charge in [-0.15, -0.1) is 0 Å². The van der Waals surface area contributed by atoms with Gasteiger partial charge in [-0.05, 0) is 24.9 Å². The average molecular weight is 278 g/mol. The molecule has 104 valence electrons. The van der Waals surface area contributed by atoms with E-state index in [1.165, 1.54) is 12.0 Å². The van der Waals surface area contributed by atoms with Gasteiger partial charge in [0, 0.05) is 26.1 Å². The van der Waals surface area contributed by atoms with E-state index in [2.05, 4.69) is 17.0 Å². The number of ether oxygens (including phenoxy) is 1. The zero-order valence-corrected chi connectivity index (χ0v) is 12.2. The van der Waals surface area contributed by atoms with Crippen molar-refractivity contribution in [1.82, 2.24) is 4.90 Å². The molecule has 1 aliphatic rings. The molecule has 1 aliphatic heterocycles. The molecule has 1 heterocycles. The van der Waals surface area contributed by atoms with Crippen molar-refractivity contribution in [2.45, 2.75) is 24.9 Å². The Kier molecular flexibility index (Phi) is 5.31. The van der Waals surface area contributed by atoms with E-state index in [0.717, 1.165) is 26.1 Å². The van der Waals surface area contributed by atoms with Crippen LogP contribution >= 0.6 is 12.2 Å². The fourth-order valence-electron chi connectivity index (χ4n) is 2.67. The first-order valence-corrected chi connectivity index (χ1v) is 7.21. The molecule has 1 saturated heterocycles. The van der Waals surface area contributed by atoms with Gasteiger partial charge in [-0.25, -0.2) is 0 Å². The van der Waals surface area contributed by atoms with Crippen LogP contribution in [0.2, 0.25) is 0 Å². The summed E-state index contributed by atoms with van der Waals surface area (Å²) in [6, 6.07) is 10.3. The van der Waals surface area contributed by atoms with Crippen LogP contribution in [-0.2, 0) is 4.74 Å². The molecule has 0 aliphatic carbocycles. The van der Waals surface area contributed by atoms with E-state index in [9.17, 15) is 0 Å². The molecule has 1 aromatic rings. The van der Waals surface area contributed by atoms with Crippen LogP contribution in [0.15, 0.2) is 30.3 Å². The molecule has 3 nitrogen and oxygen atoms in total. The van der Waals surface area contributed by atoms with Gasteiger partial charge in [-0.2, -0.15) is 0 Å². The number of piperidine rings is 1. The lowest BCUT2D eigenvalue weighted by Gasteiger charge is -2.34. The monoisotopic (exact) mass is 278 g/mol. The van der Waals surface area contributed by atoms with Crippen molar-refractivity contribution in [3.05, 3.63) is 35.9 Å². The summed E-state index contributed by atoms with van der Waals surface area (Å²) in [5.74, 6) is 0.131. The summed E-state index contributed by atoms with van der Waals surface area (Å²) in [4.78, 5) is 2.99. The normalized spacial score (nSPS) is 22.1. The van der Waals surface area contributed by atoms with Gasteiger partial charge in [0.05, 0.1) is 11.1 Å². The third kappa shape index (κ3) is 4.00. The van der Waals surface area contributed by atoms with Gasteiger partial charge in [0.25, 0.3) is 0 Å². The van der Waals surface area contributed by atoms with Crippen LogP contribution in [-0.4, -0.2) is 42.7 Å². The Labute approximate surface area is 120 Å². The first-order chi connectivity index (χ1) is 9.20. The van der Waals surface area contributed by atoms with Crippen LogP contribution < -0.4 is 5.73 Å². The Morgan fingerprint density at radius 2 is 2.21 bits per heavy atom. The van der Waals surface area contributed by atoms with Crippen molar-refractivity contribution < 1.29 is 4.74 Å². The van der Waals surface area contributed by atoms with Gasteiger partial charge in [-0.1, -0.05) is 42.5 Å².